The third-order valence-electron chi connectivity index (χ3n) is 3.12. The number of nitrogens with one attached hydrogen (secondary N) is 2. The molecule has 0 fully saturated rings. The Labute approximate surface area is 143 Å². The van der Waals surface area contributed by atoms with Gasteiger partial charge in [-0.1, -0.05) is 30.3 Å². The normalized spacial score (nSPS) is 11.5. The number of thiazole rings is 1. The number of benzene rings is 1. The molecule has 1 atom stereocenters. The van der Waals surface area contributed by atoms with Crippen LogP contribution in [-0.2, 0) is 9.53 Å². The molecular formula is C16H17N3O4S. The third kappa shape index (κ3) is 4.17. The van der Waals surface area contributed by atoms with Gasteiger partial charge in [0.15, 0.2) is 0 Å². The van der Waals surface area contributed by atoms with Crippen LogP contribution < -0.4 is 10.6 Å². The number of esters is 1. The summed E-state index contributed by atoms with van der Waals surface area (Å²) in [7, 11) is 1.38. The number of urea groups is 1. The fraction of sp³-hybridized carbons (Fsp3) is 0.250. The molecular weight excluding hydrogens is 330 g/mol. The maximum Gasteiger partial charge on any atom is 0.351 e. The van der Waals surface area contributed by atoms with Gasteiger partial charge < -0.3 is 10.1 Å². The second-order valence-electron chi connectivity index (χ2n) is 4.91. The Bertz CT molecular complexity index is 758. The first-order valence-corrected chi connectivity index (χ1v) is 7.96. The quantitative estimate of drug-likeness (QED) is 0.826. The summed E-state index contributed by atoms with van der Waals surface area (Å²) in [6.07, 6.45) is -1.24. The number of aryl methyl sites for hydroxylation is 2. The minimum atomic E-state index is -1.24. The van der Waals surface area contributed by atoms with Gasteiger partial charge in [0.05, 0.1) is 10.7 Å². The van der Waals surface area contributed by atoms with Crippen molar-refractivity contribution in [1.29, 1.82) is 0 Å². The van der Waals surface area contributed by atoms with Crippen LogP contribution in [0.15, 0.2) is 30.3 Å². The van der Waals surface area contributed by atoms with E-state index in [1.807, 2.05) is 0 Å². The third-order valence-corrected chi connectivity index (χ3v) is 4.17. The summed E-state index contributed by atoms with van der Waals surface area (Å²) in [4.78, 5) is 40.6. The van der Waals surface area contributed by atoms with Gasteiger partial charge in [0, 0.05) is 12.6 Å². The number of hydrogen-bond acceptors (Lipinski definition) is 6. The molecule has 0 bridgehead atoms. The van der Waals surface area contributed by atoms with Crippen LogP contribution in [-0.4, -0.2) is 29.9 Å². The molecule has 2 N–H and O–H groups in total. The number of hydrogen-bond donors (Lipinski definition) is 2. The summed E-state index contributed by atoms with van der Waals surface area (Å²) in [6, 6.07) is 7.81. The standard InChI is InChI=1S/C16H17N3O4S/c1-9-13(24-10(2)18-9)15(21)23-12(11-7-5-4-6-8-11)14(20)19-16(22)17-3/h4-8,12H,1-3H3,(H2,17,19,20,22)/t12-/m0/s1. The number of nitrogens with zero attached hydrogens (tertiary/aromatic N) is 1. The molecule has 0 unspecified atom stereocenters. The summed E-state index contributed by atoms with van der Waals surface area (Å²) >= 11 is 1.19. The van der Waals surface area contributed by atoms with Gasteiger partial charge in [-0.15, -0.1) is 11.3 Å². The molecule has 0 saturated carbocycles. The number of ether oxygens (including phenoxy) is 1. The highest BCUT2D eigenvalue weighted by atomic mass is 32.1. The van der Waals surface area contributed by atoms with E-state index in [1.165, 1.54) is 18.4 Å². The highest BCUT2D eigenvalue weighted by Crippen LogP contribution is 2.23. The Kier molecular flexibility index (Phi) is 5.64. The van der Waals surface area contributed by atoms with Crippen molar-refractivity contribution in [2.24, 2.45) is 0 Å². The van der Waals surface area contributed by atoms with Crippen molar-refractivity contribution in [3.05, 3.63) is 51.5 Å². The van der Waals surface area contributed by atoms with Gasteiger partial charge in [-0.05, 0) is 13.8 Å². The van der Waals surface area contributed by atoms with Crippen LogP contribution in [0.25, 0.3) is 0 Å². The average Bonchev–Trinajstić information content (AvgIpc) is 2.91. The Morgan fingerprint density at radius 1 is 1.17 bits per heavy atom. The van der Waals surface area contributed by atoms with Gasteiger partial charge in [0.25, 0.3) is 5.91 Å². The molecule has 1 heterocycles. The molecule has 0 aliphatic heterocycles. The van der Waals surface area contributed by atoms with Gasteiger partial charge in [0.1, 0.15) is 4.88 Å². The van der Waals surface area contributed by atoms with Gasteiger partial charge in [-0.3, -0.25) is 10.1 Å². The van der Waals surface area contributed by atoms with Crippen molar-refractivity contribution >= 4 is 29.2 Å². The highest BCUT2D eigenvalue weighted by molar-refractivity contribution is 7.13. The van der Waals surface area contributed by atoms with Gasteiger partial charge in [-0.25, -0.2) is 14.6 Å². The van der Waals surface area contributed by atoms with E-state index in [2.05, 4.69) is 15.6 Å². The fourth-order valence-corrected chi connectivity index (χ4v) is 2.82. The molecule has 2 aromatic rings. The van der Waals surface area contributed by atoms with Gasteiger partial charge in [0.2, 0.25) is 6.10 Å². The van der Waals surface area contributed by atoms with Crippen LogP contribution in [0.2, 0.25) is 0 Å². The van der Waals surface area contributed by atoms with Crippen LogP contribution in [0.5, 0.6) is 0 Å². The Balaban J connectivity index is 2.26. The predicted molar refractivity (Wildman–Crippen MR) is 88.8 cm³/mol. The largest absolute Gasteiger partial charge is 0.443 e. The highest BCUT2D eigenvalue weighted by Gasteiger charge is 2.28. The van der Waals surface area contributed by atoms with Crippen LogP contribution in [0, 0.1) is 13.8 Å². The zero-order valence-electron chi connectivity index (χ0n) is 13.5. The van der Waals surface area contributed by atoms with Gasteiger partial charge in [-0.2, -0.15) is 0 Å². The molecule has 0 saturated heterocycles. The molecule has 0 radical (unpaired) electrons. The summed E-state index contributed by atoms with van der Waals surface area (Å²) in [6.45, 7) is 3.48. The first kappa shape index (κ1) is 17.6. The van der Waals surface area contributed by atoms with E-state index >= 15 is 0 Å². The van der Waals surface area contributed by atoms with E-state index in [1.54, 1.807) is 44.2 Å². The lowest BCUT2D eigenvalue weighted by Gasteiger charge is -2.17. The molecule has 126 valence electrons. The Hall–Kier alpha value is -2.74. The lowest BCUT2D eigenvalue weighted by atomic mass is 10.1. The Morgan fingerprint density at radius 3 is 2.38 bits per heavy atom. The molecule has 24 heavy (non-hydrogen) atoms. The van der Waals surface area contributed by atoms with Crippen LogP contribution in [0.4, 0.5) is 4.79 Å². The first-order valence-electron chi connectivity index (χ1n) is 7.15. The molecule has 2 rings (SSSR count). The number of amides is 3. The van der Waals surface area contributed by atoms with E-state index in [0.717, 1.165) is 5.01 Å². The number of imide groups is 1. The maximum atomic E-state index is 12.4. The second-order valence-corrected chi connectivity index (χ2v) is 6.12. The molecule has 1 aromatic carbocycles. The van der Waals surface area contributed by atoms with Crippen LogP contribution >= 0.6 is 11.3 Å². The predicted octanol–water partition coefficient (Wildman–Crippen LogP) is 2.11. The molecule has 8 heteroatoms. The number of carbonyl (C=O) groups excluding carboxylic acids is 3. The van der Waals surface area contributed by atoms with E-state index in [4.69, 9.17) is 4.74 Å². The zero-order chi connectivity index (χ0) is 17.7. The lowest BCUT2D eigenvalue weighted by molar-refractivity contribution is -0.129. The number of rotatable bonds is 4. The van der Waals surface area contributed by atoms with Crippen molar-refractivity contribution in [2.75, 3.05) is 7.05 Å². The summed E-state index contributed by atoms with van der Waals surface area (Å²) in [5, 5.41) is 5.13. The van der Waals surface area contributed by atoms with E-state index in [-0.39, 0.29) is 0 Å². The summed E-state index contributed by atoms with van der Waals surface area (Å²) < 4.78 is 5.36. The summed E-state index contributed by atoms with van der Waals surface area (Å²) in [5.41, 5.74) is 1.01. The molecule has 0 spiro atoms. The second kappa shape index (κ2) is 7.69. The van der Waals surface area contributed by atoms with E-state index < -0.39 is 24.0 Å². The lowest BCUT2D eigenvalue weighted by Crippen LogP contribution is -2.41. The molecule has 7 nitrogen and oxygen atoms in total. The fourth-order valence-electron chi connectivity index (χ4n) is 2.02. The first-order chi connectivity index (χ1) is 11.4. The molecule has 1 aromatic heterocycles. The Morgan fingerprint density at radius 2 is 1.83 bits per heavy atom. The smallest absolute Gasteiger partial charge is 0.351 e. The van der Waals surface area contributed by atoms with Crippen molar-refractivity contribution in [2.45, 2.75) is 20.0 Å². The SMILES string of the molecule is CNC(=O)NC(=O)[C@@H](OC(=O)c1sc(C)nc1C)c1ccccc1. The zero-order valence-corrected chi connectivity index (χ0v) is 14.3. The average molecular weight is 347 g/mol. The van der Waals surface area contributed by atoms with E-state index in [0.29, 0.717) is 16.1 Å². The maximum absolute atomic E-state index is 12.4. The van der Waals surface area contributed by atoms with E-state index in [9.17, 15) is 14.4 Å². The van der Waals surface area contributed by atoms with Gasteiger partial charge >= 0.3 is 12.0 Å². The van der Waals surface area contributed by atoms with Crippen molar-refractivity contribution in [3.63, 3.8) is 0 Å². The minimum Gasteiger partial charge on any atom is -0.443 e. The van der Waals surface area contributed by atoms with Crippen molar-refractivity contribution < 1.29 is 19.1 Å². The molecule has 0 aliphatic rings. The molecule has 3 amide bonds. The van der Waals surface area contributed by atoms with Crippen molar-refractivity contribution in [1.82, 2.24) is 15.6 Å². The monoisotopic (exact) mass is 347 g/mol. The molecule has 0 aliphatic carbocycles. The van der Waals surface area contributed by atoms with Crippen LogP contribution in [0.3, 0.4) is 0 Å². The number of aromatic nitrogens is 1. The van der Waals surface area contributed by atoms with Crippen molar-refractivity contribution in [3.8, 4) is 0 Å². The van der Waals surface area contributed by atoms with Crippen LogP contribution in [0.1, 0.15) is 32.0 Å². The topological polar surface area (TPSA) is 97.4 Å². The summed E-state index contributed by atoms with van der Waals surface area (Å²) in [5.74, 6) is -1.38. The number of carbonyl (C=O) groups is 3. The minimum absolute atomic E-state index is 0.334.